The van der Waals surface area contributed by atoms with Crippen LogP contribution < -0.4 is 10.4 Å². The number of carbonyl (C=O) groups excluding carboxylic acids is 2. The quantitative estimate of drug-likeness (QED) is 0.528. The Morgan fingerprint density at radius 3 is 2.05 bits per heavy atom. The van der Waals surface area contributed by atoms with E-state index in [1.165, 1.54) is 39.0 Å². The minimum Gasteiger partial charge on any atom is -0.550 e. The number of carboxylic acids is 1. The molecule has 20 heavy (non-hydrogen) atoms. The summed E-state index contributed by atoms with van der Waals surface area (Å²) in [6.07, 6.45) is 10.4. The van der Waals surface area contributed by atoms with Gasteiger partial charge in [-0.05, 0) is 25.2 Å². The summed E-state index contributed by atoms with van der Waals surface area (Å²) in [5.41, 5.74) is 0. The number of rotatable bonds is 13. The number of unbranched alkanes of at least 4 members (excludes halogenated alkanes) is 6. The normalized spacial score (nSPS) is 12.1. The third-order valence-corrected chi connectivity index (χ3v) is 3.59. The van der Waals surface area contributed by atoms with Crippen molar-refractivity contribution >= 4 is 11.9 Å². The third kappa shape index (κ3) is 12.0. The van der Waals surface area contributed by atoms with E-state index in [1.54, 1.807) is 0 Å². The molecule has 0 aromatic rings. The summed E-state index contributed by atoms with van der Waals surface area (Å²) in [6, 6.07) is 0. The van der Waals surface area contributed by atoms with Gasteiger partial charge in [0.1, 0.15) is 0 Å². The molecule has 0 rings (SSSR count). The van der Waals surface area contributed by atoms with E-state index in [2.05, 4.69) is 12.2 Å². The second-order valence-electron chi connectivity index (χ2n) is 5.55. The van der Waals surface area contributed by atoms with E-state index < -0.39 is 5.97 Å². The number of carboxylic acid groups (broad SMARTS) is 1. The molecule has 0 radical (unpaired) electrons. The molecule has 118 valence electrons. The Morgan fingerprint density at radius 1 is 0.950 bits per heavy atom. The molecule has 4 nitrogen and oxygen atoms in total. The first-order valence-electron chi connectivity index (χ1n) is 8.03. The maximum absolute atomic E-state index is 11.0. The molecule has 1 amide bonds. The highest BCUT2D eigenvalue weighted by Gasteiger charge is 2.09. The predicted octanol–water partition coefficient (Wildman–Crippen LogP) is 2.41. The molecule has 0 saturated carbocycles. The zero-order valence-corrected chi connectivity index (χ0v) is 13.1. The lowest BCUT2D eigenvalue weighted by atomic mass is 9.95. The molecule has 1 unspecified atom stereocenters. The van der Waals surface area contributed by atoms with E-state index in [0.29, 0.717) is 25.8 Å². The molecule has 0 heterocycles. The molecule has 0 aliphatic carbocycles. The van der Waals surface area contributed by atoms with Gasteiger partial charge in [0.05, 0.1) is 0 Å². The van der Waals surface area contributed by atoms with Crippen molar-refractivity contribution in [2.45, 2.75) is 78.1 Å². The zero-order valence-electron chi connectivity index (χ0n) is 13.1. The monoisotopic (exact) mass is 284 g/mol. The molecule has 0 aromatic carbocycles. The highest BCUT2D eigenvalue weighted by molar-refractivity contribution is 5.72. The Bertz CT molecular complexity index is 266. The number of hydrogen-bond donors (Lipinski definition) is 1. The molecule has 0 saturated heterocycles. The van der Waals surface area contributed by atoms with E-state index in [1.807, 2.05) is 0 Å². The van der Waals surface area contributed by atoms with Gasteiger partial charge in [-0.2, -0.15) is 0 Å². The van der Waals surface area contributed by atoms with Gasteiger partial charge in [0, 0.05) is 19.4 Å². The fourth-order valence-corrected chi connectivity index (χ4v) is 2.34. The number of amides is 1. The minimum atomic E-state index is -0.946. The summed E-state index contributed by atoms with van der Waals surface area (Å²) in [7, 11) is 0. The maximum atomic E-state index is 11.0. The van der Waals surface area contributed by atoms with E-state index in [-0.39, 0.29) is 11.8 Å². The summed E-state index contributed by atoms with van der Waals surface area (Å²) in [6.45, 7) is 4.22. The van der Waals surface area contributed by atoms with Gasteiger partial charge in [0.2, 0.25) is 5.91 Å². The summed E-state index contributed by atoms with van der Waals surface area (Å²) in [4.78, 5) is 21.7. The summed E-state index contributed by atoms with van der Waals surface area (Å²) in [5.74, 6) is -1.37. The molecular formula is C16H30NO3-. The zero-order chi connectivity index (χ0) is 15.2. The van der Waals surface area contributed by atoms with Crippen molar-refractivity contribution in [3.05, 3.63) is 0 Å². The first-order valence-corrected chi connectivity index (χ1v) is 8.03. The van der Waals surface area contributed by atoms with Gasteiger partial charge in [0.15, 0.2) is 0 Å². The summed E-state index contributed by atoms with van der Waals surface area (Å²) < 4.78 is 0. The number of carbonyl (C=O) groups is 2. The Labute approximate surface area is 123 Å². The van der Waals surface area contributed by atoms with Crippen LogP contribution >= 0.6 is 0 Å². The van der Waals surface area contributed by atoms with Crippen molar-refractivity contribution in [2.24, 2.45) is 5.92 Å². The Hall–Kier alpha value is -1.06. The molecule has 0 aliphatic rings. The van der Waals surface area contributed by atoms with Crippen LogP contribution in [-0.4, -0.2) is 18.4 Å². The van der Waals surface area contributed by atoms with Crippen LogP contribution in [0.5, 0.6) is 0 Å². The van der Waals surface area contributed by atoms with Gasteiger partial charge in [-0.25, -0.2) is 0 Å². The van der Waals surface area contributed by atoms with E-state index >= 15 is 0 Å². The number of aliphatic carboxylic acids is 1. The van der Waals surface area contributed by atoms with E-state index in [0.717, 1.165) is 12.8 Å². The second kappa shape index (κ2) is 12.9. The molecule has 1 atom stereocenters. The summed E-state index contributed by atoms with van der Waals surface area (Å²) in [5, 5.41) is 13.7. The van der Waals surface area contributed by atoms with Gasteiger partial charge in [0.25, 0.3) is 0 Å². The molecule has 0 bridgehead atoms. The molecule has 0 spiro atoms. The second-order valence-corrected chi connectivity index (χ2v) is 5.55. The van der Waals surface area contributed by atoms with Crippen molar-refractivity contribution in [1.29, 1.82) is 0 Å². The number of hydrogen-bond acceptors (Lipinski definition) is 3. The molecular weight excluding hydrogens is 254 g/mol. The van der Waals surface area contributed by atoms with Gasteiger partial charge < -0.3 is 15.2 Å². The van der Waals surface area contributed by atoms with Crippen molar-refractivity contribution in [2.75, 3.05) is 6.54 Å². The van der Waals surface area contributed by atoms with Crippen LogP contribution in [0, 0.1) is 5.92 Å². The molecule has 0 aliphatic heterocycles. The van der Waals surface area contributed by atoms with Crippen LogP contribution in [0.1, 0.15) is 78.1 Å². The molecule has 0 aromatic heterocycles. The SMILES string of the molecule is CCCCCCCCCC(CCCNC(C)=O)C(=O)[O-]. The van der Waals surface area contributed by atoms with Gasteiger partial charge in [-0.1, -0.05) is 51.9 Å². The molecule has 4 heteroatoms. The third-order valence-electron chi connectivity index (χ3n) is 3.59. The predicted molar refractivity (Wildman–Crippen MR) is 79.0 cm³/mol. The van der Waals surface area contributed by atoms with Crippen LogP contribution in [0.4, 0.5) is 0 Å². The average Bonchev–Trinajstić information content (AvgIpc) is 2.39. The highest BCUT2D eigenvalue weighted by atomic mass is 16.4. The minimum absolute atomic E-state index is 0.0675. The lowest BCUT2D eigenvalue weighted by Gasteiger charge is -2.17. The maximum Gasteiger partial charge on any atom is 0.216 e. The Balaban J connectivity index is 3.59. The van der Waals surface area contributed by atoms with E-state index in [9.17, 15) is 14.7 Å². The highest BCUT2D eigenvalue weighted by Crippen LogP contribution is 2.16. The van der Waals surface area contributed by atoms with Crippen molar-refractivity contribution in [3.8, 4) is 0 Å². The standard InChI is InChI=1S/C16H31NO3/c1-3-4-5-6-7-8-9-11-15(16(19)20)12-10-13-17-14(2)18/h15H,3-13H2,1-2H3,(H,17,18)(H,19,20)/p-1. The van der Waals surface area contributed by atoms with Gasteiger partial charge in [-0.15, -0.1) is 0 Å². The Kier molecular flexibility index (Phi) is 12.3. The largest absolute Gasteiger partial charge is 0.550 e. The fraction of sp³-hybridized carbons (Fsp3) is 0.875. The molecule has 0 fully saturated rings. The summed E-state index contributed by atoms with van der Waals surface area (Å²) >= 11 is 0. The smallest absolute Gasteiger partial charge is 0.216 e. The fourth-order valence-electron chi connectivity index (χ4n) is 2.34. The lowest BCUT2D eigenvalue weighted by molar-refractivity contribution is -0.312. The first kappa shape index (κ1) is 18.9. The van der Waals surface area contributed by atoms with Gasteiger partial charge >= 0.3 is 0 Å². The van der Waals surface area contributed by atoms with Crippen LogP contribution in [0.2, 0.25) is 0 Å². The molecule has 1 N–H and O–H groups in total. The lowest BCUT2D eigenvalue weighted by Crippen LogP contribution is -2.32. The average molecular weight is 284 g/mol. The van der Waals surface area contributed by atoms with Crippen LogP contribution in [0.25, 0.3) is 0 Å². The van der Waals surface area contributed by atoms with Crippen LogP contribution in [0.3, 0.4) is 0 Å². The number of nitrogens with one attached hydrogen (secondary N) is 1. The van der Waals surface area contributed by atoms with Crippen molar-refractivity contribution in [1.82, 2.24) is 5.32 Å². The van der Waals surface area contributed by atoms with Crippen LogP contribution in [-0.2, 0) is 9.59 Å². The van der Waals surface area contributed by atoms with Crippen LogP contribution in [0.15, 0.2) is 0 Å². The Morgan fingerprint density at radius 2 is 1.50 bits per heavy atom. The topological polar surface area (TPSA) is 69.2 Å². The van der Waals surface area contributed by atoms with Gasteiger partial charge in [-0.3, -0.25) is 4.79 Å². The van der Waals surface area contributed by atoms with Crippen molar-refractivity contribution in [3.63, 3.8) is 0 Å². The van der Waals surface area contributed by atoms with Crippen molar-refractivity contribution < 1.29 is 14.7 Å². The first-order chi connectivity index (χ1) is 9.57. The van der Waals surface area contributed by atoms with E-state index in [4.69, 9.17) is 0 Å².